The summed E-state index contributed by atoms with van der Waals surface area (Å²) in [5.74, 6) is 0. The fraction of sp³-hybridized carbons (Fsp3) is 0.222. The van der Waals surface area contributed by atoms with E-state index in [4.69, 9.17) is 0 Å². The van der Waals surface area contributed by atoms with Gasteiger partial charge in [0.05, 0.1) is 16.8 Å². The minimum atomic E-state index is -0.441. The zero-order chi connectivity index (χ0) is 10.6. The van der Waals surface area contributed by atoms with Crippen LogP contribution >= 0.6 is 0 Å². The molecule has 0 unspecified atom stereocenters. The van der Waals surface area contributed by atoms with Crippen molar-refractivity contribution in [2.75, 3.05) is 0 Å². The molecule has 1 aromatic heterocycles. The lowest BCUT2D eigenvalue weighted by Gasteiger charge is -1.90. The summed E-state index contributed by atoms with van der Waals surface area (Å²) in [5.41, 5.74) is 1.13. The Morgan fingerprint density at radius 2 is 2.14 bits per heavy atom. The number of imidazole rings is 1. The van der Waals surface area contributed by atoms with Gasteiger partial charge in [-0.15, -0.1) is 0 Å². The zero-order valence-electron chi connectivity index (χ0n) is 8.02. The van der Waals surface area contributed by atoms with E-state index in [1.807, 2.05) is 13.8 Å². The number of rotatable bonds is 1. The SMILES string of the molecule is CC.O=[N+]([O-])c1cccc2[nH]cnc12. The van der Waals surface area contributed by atoms with Crippen molar-refractivity contribution in [3.8, 4) is 0 Å². The van der Waals surface area contributed by atoms with Crippen LogP contribution in [0.1, 0.15) is 13.8 Å². The van der Waals surface area contributed by atoms with Crippen LogP contribution in [-0.2, 0) is 0 Å². The van der Waals surface area contributed by atoms with E-state index in [1.54, 1.807) is 12.1 Å². The minimum Gasteiger partial charge on any atom is -0.344 e. The van der Waals surface area contributed by atoms with Crippen LogP contribution in [0.15, 0.2) is 24.5 Å². The first kappa shape index (κ1) is 10.2. The number of nitro benzene ring substituents is 1. The average molecular weight is 193 g/mol. The Labute approximate surface area is 80.9 Å². The highest BCUT2D eigenvalue weighted by molar-refractivity contribution is 5.83. The molecule has 0 saturated carbocycles. The number of non-ortho nitro benzene ring substituents is 1. The van der Waals surface area contributed by atoms with E-state index in [2.05, 4.69) is 9.97 Å². The molecule has 2 aromatic rings. The van der Waals surface area contributed by atoms with E-state index in [-0.39, 0.29) is 5.69 Å². The zero-order valence-corrected chi connectivity index (χ0v) is 8.02. The van der Waals surface area contributed by atoms with Gasteiger partial charge in [-0.05, 0) is 6.07 Å². The number of nitrogens with one attached hydrogen (secondary N) is 1. The van der Waals surface area contributed by atoms with Gasteiger partial charge >= 0.3 is 0 Å². The standard InChI is InChI=1S/C7H5N3O2.C2H6/c11-10(12)6-3-1-2-5-7(6)9-4-8-5;1-2/h1-4H,(H,8,9);1-2H3. The normalized spacial score (nSPS) is 9.29. The molecule has 0 aliphatic carbocycles. The van der Waals surface area contributed by atoms with Crippen LogP contribution in [0.2, 0.25) is 0 Å². The van der Waals surface area contributed by atoms with Crippen molar-refractivity contribution >= 4 is 16.7 Å². The van der Waals surface area contributed by atoms with Crippen LogP contribution in [0.3, 0.4) is 0 Å². The lowest BCUT2D eigenvalue weighted by Crippen LogP contribution is -1.88. The van der Waals surface area contributed by atoms with Gasteiger partial charge in [-0.1, -0.05) is 19.9 Å². The highest BCUT2D eigenvalue weighted by Crippen LogP contribution is 2.21. The largest absolute Gasteiger partial charge is 0.344 e. The van der Waals surface area contributed by atoms with Gasteiger partial charge in [-0.2, -0.15) is 0 Å². The van der Waals surface area contributed by atoms with Gasteiger partial charge in [0, 0.05) is 6.07 Å². The number of nitro groups is 1. The van der Waals surface area contributed by atoms with Crippen molar-refractivity contribution in [2.45, 2.75) is 13.8 Å². The Balaban J connectivity index is 0.000000461. The molecular weight excluding hydrogens is 182 g/mol. The summed E-state index contributed by atoms with van der Waals surface area (Å²) in [6, 6.07) is 4.80. The number of aromatic amines is 1. The maximum atomic E-state index is 10.5. The Hall–Kier alpha value is -1.91. The molecule has 2 rings (SSSR count). The van der Waals surface area contributed by atoms with Crippen LogP contribution in [-0.4, -0.2) is 14.9 Å². The van der Waals surface area contributed by atoms with E-state index < -0.39 is 4.92 Å². The molecule has 0 saturated heterocycles. The third kappa shape index (κ3) is 1.71. The predicted molar refractivity (Wildman–Crippen MR) is 54.1 cm³/mol. The third-order valence-electron chi connectivity index (χ3n) is 1.63. The fourth-order valence-electron chi connectivity index (χ4n) is 1.10. The topological polar surface area (TPSA) is 71.8 Å². The van der Waals surface area contributed by atoms with E-state index in [0.717, 1.165) is 0 Å². The number of para-hydroxylation sites is 1. The van der Waals surface area contributed by atoms with E-state index in [9.17, 15) is 10.1 Å². The molecule has 0 aliphatic heterocycles. The Morgan fingerprint density at radius 1 is 1.43 bits per heavy atom. The average Bonchev–Trinajstić information content (AvgIpc) is 2.67. The lowest BCUT2D eigenvalue weighted by molar-refractivity contribution is -0.383. The molecule has 74 valence electrons. The maximum absolute atomic E-state index is 10.5. The molecule has 5 nitrogen and oxygen atoms in total. The van der Waals surface area contributed by atoms with Crippen molar-refractivity contribution < 1.29 is 4.92 Å². The second kappa shape index (κ2) is 4.36. The van der Waals surface area contributed by atoms with Crippen LogP contribution in [0.4, 0.5) is 5.69 Å². The van der Waals surface area contributed by atoms with Gasteiger partial charge in [0.25, 0.3) is 5.69 Å². The van der Waals surface area contributed by atoms with Crippen molar-refractivity contribution in [1.29, 1.82) is 0 Å². The Kier molecular flexibility index (Phi) is 3.17. The molecule has 0 atom stereocenters. The number of H-pyrrole nitrogens is 1. The summed E-state index contributed by atoms with van der Waals surface area (Å²) in [6.45, 7) is 4.00. The van der Waals surface area contributed by atoms with Gasteiger partial charge in [0.2, 0.25) is 0 Å². The van der Waals surface area contributed by atoms with E-state index >= 15 is 0 Å². The molecule has 1 N–H and O–H groups in total. The summed E-state index contributed by atoms with van der Waals surface area (Å²) in [6.07, 6.45) is 1.44. The first-order chi connectivity index (χ1) is 6.79. The molecule has 0 bridgehead atoms. The second-order valence-electron chi connectivity index (χ2n) is 2.33. The fourth-order valence-corrected chi connectivity index (χ4v) is 1.10. The Morgan fingerprint density at radius 3 is 2.79 bits per heavy atom. The maximum Gasteiger partial charge on any atom is 0.297 e. The molecule has 0 aliphatic rings. The summed E-state index contributed by atoms with van der Waals surface area (Å²) >= 11 is 0. The first-order valence-corrected chi connectivity index (χ1v) is 4.35. The van der Waals surface area contributed by atoms with Crippen molar-refractivity contribution in [3.05, 3.63) is 34.6 Å². The van der Waals surface area contributed by atoms with Gasteiger partial charge in [-0.25, -0.2) is 4.98 Å². The van der Waals surface area contributed by atoms with Gasteiger partial charge in [0.15, 0.2) is 5.52 Å². The molecule has 1 heterocycles. The smallest absolute Gasteiger partial charge is 0.297 e. The number of benzene rings is 1. The number of hydrogen-bond acceptors (Lipinski definition) is 3. The highest BCUT2D eigenvalue weighted by Gasteiger charge is 2.11. The van der Waals surface area contributed by atoms with Crippen LogP contribution < -0.4 is 0 Å². The van der Waals surface area contributed by atoms with Gasteiger partial charge in [-0.3, -0.25) is 10.1 Å². The van der Waals surface area contributed by atoms with E-state index in [0.29, 0.717) is 11.0 Å². The molecule has 14 heavy (non-hydrogen) atoms. The lowest BCUT2D eigenvalue weighted by atomic mass is 10.3. The van der Waals surface area contributed by atoms with Gasteiger partial charge < -0.3 is 4.98 Å². The number of aromatic nitrogens is 2. The van der Waals surface area contributed by atoms with Crippen LogP contribution in [0, 0.1) is 10.1 Å². The summed E-state index contributed by atoms with van der Waals surface area (Å²) in [7, 11) is 0. The van der Waals surface area contributed by atoms with Crippen LogP contribution in [0.25, 0.3) is 11.0 Å². The van der Waals surface area contributed by atoms with Crippen molar-refractivity contribution in [3.63, 3.8) is 0 Å². The molecule has 0 radical (unpaired) electrons. The number of hydrogen-bond donors (Lipinski definition) is 1. The predicted octanol–water partition coefficient (Wildman–Crippen LogP) is 2.50. The molecular formula is C9H11N3O2. The number of nitrogens with zero attached hydrogens (tertiary/aromatic N) is 2. The van der Waals surface area contributed by atoms with E-state index in [1.165, 1.54) is 12.4 Å². The number of fused-ring (bicyclic) bond motifs is 1. The summed E-state index contributed by atoms with van der Waals surface area (Å²) < 4.78 is 0. The molecule has 1 aromatic carbocycles. The second-order valence-corrected chi connectivity index (χ2v) is 2.33. The molecule has 0 amide bonds. The first-order valence-electron chi connectivity index (χ1n) is 4.35. The molecule has 0 spiro atoms. The summed E-state index contributed by atoms with van der Waals surface area (Å²) in [5, 5.41) is 10.5. The Bertz CT molecular complexity index is 436. The monoisotopic (exact) mass is 193 g/mol. The highest BCUT2D eigenvalue weighted by atomic mass is 16.6. The minimum absolute atomic E-state index is 0.0359. The molecule has 5 heteroatoms. The van der Waals surface area contributed by atoms with Gasteiger partial charge in [0.1, 0.15) is 0 Å². The van der Waals surface area contributed by atoms with Crippen molar-refractivity contribution in [1.82, 2.24) is 9.97 Å². The third-order valence-corrected chi connectivity index (χ3v) is 1.63. The molecule has 0 fully saturated rings. The van der Waals surface area contributed by atoms with Crippen molar-refractivity contribution in [2.24, 2.45) is 0 Å². The summed E-state index contributed by atoms with van der Waals surface area (Å²) in [4.78, 5) is 16.7. The quantitative estimate of drug-likeness (QED) is 0.558. The van der Waals surface area contributed by atoms with Crippen LogP contribution in [0.5, 0.6) is 0 Å².